The molecule has 0 radical (unpaired) electrons. The fraction of sp³-hybridized carbons (Fsp3) is 0.240. The molecule has 0 aliphatic heterocycles. The Morgan fingerprint density at radius 1 is 0.875 bits per heavy atom. The monoisotopic (exact) mass is 439 g/mol. The minimum absolute atomic E-state index is 0.0255. The number of aromatic amines is 1. The molecule has 0 bridgehead atoms. The van der Waals surface area contributed by atoms with Gasteiger partial charge in [0.2, 0.25) is 0 Å². The first kappa shape index (κ1) is 20.7. The summed E-state index contributed by atoms with van der Waals surface area (Å²) in [5.41, 5.74) is 0.702. The van der Waals surface area contributed by atoms with Crippen molar-refractivity contribution in [3.8, 4) is 22.3 Å². The number of benzene rings is 3. The van der Waals surface area contributed by atoms with Crippen molar-refractivity contribution in [2.75, 3.05) is 6.54 Å². The lowest BCUT2D eigenvalue weighted by atomic mass is 9.96. The largest absolute Gasteiger partial charge is 0.342 e. The summed E-state index contributed by atoms with van der Waals surface area (Å²) < 4.78 is 59.9. The molecule has 0 spiro atoms. The fourth-order valence-electron chi connectivity index (χ4n) is 3.96. The van der Waals surface area contributed by atoms with Gasteiger partial charge in [0.05, 0.1) is 22.2 Å². The van der Waals surface area contributed by atoms with Crippen LogP contribution in [0.15, 0.2) is 42.5 Å². The van der Waals surface area contributed by atoms with Crippen LogP contribution < -0.4 is 5.32 Å². The second-order valence-electron chi connectivity index (χ2n) is 8.33. The molecule has 0 unspecified atom stereocenters. The molecule has 5 rings (SSSR count). The van der Waals surface area contributed by atoms with E-state index in [1.165, 1.54) is 37.1 Å². The zero-order valence-electron chi connectivity index (χ0n) is 17.4. The van der Waals surface area contributed by atoms with Gasteiger partial charge in [0, 0.05) is 6.54 Å². The van der Waals surface area contributed by atoms with Crippen LogP contribution in [0.5, 0.6) is 0 Å². The molecule has 3 aromatic carbocycles. The SMILES string of the molecule is Cc1nc2ccc(-c3c(F)c(F)c(-c4ccc(CNCC5CC5)cc4)c(F)c3F)cc2[nH]1. The molecule has 164 valence electrons. The highest BCUT2D eigenvalue weighted by Gasteiger charge is 2.27. The second-order valence-corrected chi connectivity index (χ2v) is 8.33. The number of rotatable bonds is 6. The molecule has 1 heterocycles. The smallest absolute Gasteiger partial charge is 0.170 e. The predicted molar refractivity (Wildman–Crippen MR) is 116 cm³/mol. The van der Waals surface area contributed by atoms with Crippen molar-refractivity contribution in [2.45, 2.75) is 26.3 Å². The van der Waals surface area contributed by atoms with Crippen LogP contribution in [0.25, 0.3) is 33.3 Å². The molecule has 1 saturated carbocycles. The molecular weight excluding hydrogens is 418 g/mol. The summed E-state index contributed by atoms with van der Waals surface area (Å²) in [7, 11) is 0. The van der Waals surface area contributed by atoms with Crippen LogP contribution in [0.2, 0.25) is 0 Å². The summed E-state index contributed by atoms with van der Waals surface area (Å²) in [5, 5.41) is 3.33. The van der Waals surface area contributed by atoms with Gasteiger partial charge in [-0.15, -0.1) is 0 Å². The molecule has 3 nitrogen and oxygen atoms in total. The summed E-state index contributed by atoms with van der Waals surface area (Å²) in [6.45, 7) is 3.30. The van der Waals surface area contributed by atoms with Crippen molar-refractivity contribution in [1.82, 2.24) is 15.3 Å². The highest BCUT2D eigenvalue weighted by Crippen LogP contribution is 2.37. The lowest BCUT2D eigenvalue weighted by Crippen LogP contribution is -2.15. The van der Waals surface area contributed by atoms with Crippen LogP contribution in [0.1, 0.15) is 24.2 Å². The first-order valence-electron chi connectivity index (χ1n) is 10.5. The predicted octanol–water partition coefficient (Wildman–Crippen LogP) is 6.26. The van der Waals surface area contributed by atoms with Crippen molar-refractivity contribution in [3.63, 3.8) is 0 Å². The van der Waals surface area contributed by atoms with Gasteiger partial charge in [-0.2, -0.15) is 0 Å². The van der Waals surface area contributed by atoms with Crippen LogP contribution in [0.3, 0.4) is 0 Å². The number of nitrogens with zero attached hydrogens (tertiary/aromatic N) is 1. The van der Waals surface area contributed by atoms with Crippen LogP contribution >= 0.6 is 0 Å². The maximum Gasteiger partial charge on any atom is 0.170 e. The van der Waals surface area contributed by atoms with E-state index in [1.54, 1.807) is 25.1 Å². The van der Waals surface area contributed by atoms with E-state index in [9.17, 15) is 17.6 Å². The van der Waals surface area contributed by atoms with E-state index in [-0.39, 0.29) is 11.1 Å². The molecule has 4 aromatic rings. The number of H-pyrrole nitrogens is 1. The zero-order valence-corrected chi connectivity index (χ0v) is 17.4. The summed E-state index contributed by atoms with van der Waals surface area (Å²) in [6.07, 6.45) is 2.49. The van der Waals surface area contributed by atoms with Crippen molar-refractivity contribution < 1.29 is 17.6 Å². The van der Waals surface area contributed by atoms with E-state index in [4.69, 9.17) is 0 Å². The van der Waals surface area contributed by atoms with Crippen molar-refractivity contribution in [3.05, 3.63) is 77.1 Å². The quantitative estimate of drug-likeness (QED) is 0.275. The number of hydrogen-bond acceptors (Lipinski definition) is 2. The standard InChI is InChI=1S/C25H21F4N3/c1-13-31-18-9-8-17(10-19(18)32-13)21-24(28)22(26)20(23(27)25(21)29)16-6-4-15(5-7-16)12-30-11-14-2-3-14/h4-10,14,30H,2-3,11-12H2,1H3,(H,31,32). The van der Waals surface area contributed by atoms with Gasteiger partial charge in [0.15, 0.2) is 23.3 Å². The van der Waals surface area contributed by atoms with Crippen molar-refractivity contribution >= 4 is 11.0 Å². The Hall–Kier alpha value is -3.19. The Morgan fingerprint density at radius 3 is 2.09 bits per heavy atom. The lowest BCUT2D eigenvalue weighted by Gasteiger charge is -2.13. The third-order valence-electron chi connectivity index (χ3n) is 5.85. The highest BCUT2D eigenvalue weighted by molar-refractivity contribution is 5.83. The minimum atomic E-state index is -1.43. The molecule has 0 saturated heterocycles. The Kier molecular flexibility index (Phi) is 5.21. The molecule has 1 fully saturated rings. The first-order valence-corrected chi connectivity index (χ1v) is 10.5. The van der Waals surface area contributed by atoms with Gasteiger partial charge in [-0.1, -0.05) is 30.3 Å². The summed E-state index contributed by atoms with van der Waals surface area (Å²) >= 11 is 0. The van der Waals surface area contributed by atoms with Gasteiger partial charge in [0.1, 0.15) is 5.82 Å². The van der Waals surface area contributed by atoms with Gasteiger partial charge in [-0.05, 0) is 61.1 Å². The normalized spacial score (nSPS) is 13.8. The maximum atomic E-state index is 15.0. The topological polar surface area (TPSA) is 40.7 Å². The number of aryl methyl sites for hydroxylation is 1. The van der Waals surface area contributed by atoms with E-state index in [0.29, 0.717) is 23.4 Å². The summed E-state index contributed by atoms with van der Waals surface area (Å²) in [6, 6.07) is 10.7. The average Bonchev–Trinajstić information content (AvgIpc) is 3.52. The molecule has 0 amide bonds. The molecule has 1 aliphatic rings. The van der Waals surface area contributed by atoms with E-state index < -0.39 is 34.4 Å². The van der Waals surface area contributed by atoms with Gasteiger partial charge >= 0.3 is 0 Å². The highest BCUT2D eigenvalue weighted by atomic mass is 19.2. The molecule has 1 aromatic heterocycles. The van der Waals surface area contributed by atoms with E-state index in [2.05, 4.69) is 15.3 Å². The summed E-state index contributed by atoms with van der Waals surface area (Å²) in [4.78, 5) is 7.18. The van der Waals surface area contributed by atoms with Crippen LogP contribution in [0, 0.1) is 36.1 Å². The van der Waals surface area contributed by atoms with Gasteiger partial charge < -0.3 is 10.3 Å². The van der Waals surface area contributed by atoms with Gasteiger partial charge in [-0.3, -0.25) is 0 Å². The molecule has 7 heteroatoms. The van der Waals surface area contributed by atoms with E-state index >= 15 is 0 Å². The van der Waals surface area contributed by atoms with Crippen LogP contribution in [-0.4, -0.2) is 16.5 Å². The van der Waals surface area contributed by atoms with Crippen molar-refractivity contribution in [2.24, 2.45) is 5.92 Å². The molecule has 0 atom stereocenters. The molecule has 2 N–H and O–H groups in total. The number of nitrogens with one attached hydrogen (secondary N) is 2. The van der Waals surface area contributed by atoms with E-state index in [0.717, 1.165) is 18.0 Å². The lowest BCUT2D eigenvalue weighted by molar-refractivity contribution is 0.463. The van der Waals surface area contributed by atoms with Gasteiger partial charge in [0.25, 0.3) is 0 Å². The number of aromatic nitrogens is 2. The maximum absolute atomic E-state index is 15.0. The summed E-state index contributed by atoms with van der Waals surface area (Å²) in [5.74, 6) is -4.33. The third-order valence-corrected chi connectivity index (χ3v) is 5.85. The van der Waals surface area contributed by atoms with Crippen LogP contribution in [-0.2, 0) is 6.54 Å². The Balaban J connectivity index is 1.50. The number of imidazole rings is 1. The fourth-order valence-corrected chi connectivity index (χ4v) is 3.96. The zero-order chi connectivity index (χ0) is 22.4. The molecule has 32 heavy (non-hydrogen) atoms. The minimum Gasteiger partial charge on any atom is -0.342 e. The van der Waals surface area contributed by atoms with Gasteiger partial charge in [-0.25, -0.2) is 22.5 Å². The van der Waals surface area contributed by atoms with E-state index in [1.807, 2.05) is 0 Å². The number of hydrogen-bond donors (Lipinski definition) is 2. The number of halogens is 4. The number of fused-ring (bicyclic) bond motifs is 1. The first-order chi connectivity index (χ1) is 15.4. The Labute approximate surface area is 182 Å². The Morgan fingerprint density at radius 2 is 1.47 bits per heavy atom. The second kappa shape index (κ2) is 8.06. The third kappa shape index (κ3) is 3.77. The van der Waals surface area contributed by atoms with Crippen molar-refractivity contribution in [1.29, 1.82) is 0 Å². The molecule has 1 aliphatic carbocycles. The van der Waals surface area contributed by atoms with Crippen LogP contribution in [0.4, 0.5) is 17.6 Å². The Bertz CT molecular complexity index is 1280. The molecular formula is C25H21F4N3. The average molecular weight is 439 g/mol.